The fourth-order valence-electron chi connectivity index (χ4n) is 1.45. The first-order valence-corrected chi connectivity index (χ1v) is 5.71. The van der Waals surface area contributed by atoms with Crippen molar-refractivity contribution in [1.82, 2.24) is 4.98 Å². The Morgan fingerprint density at radius 2 is 2.06 bits per heavy atom. The number of aromatic nitrogens is 1. The Morgan fingerprint density at radius 3 is 2.76 bits per heavy atom. The molecule has 0 amide bonds. The largest absolute Gasteiger partial charge is 0.484 e. The summed E-state index contributed by atoms with van der Waals surface area (Å²) in [5, 5.41) is 0. The van der Waals surface area contributed by atoms with E-state index in [1.54, 1.807) is 18.3 Å². The summed E-state index contributed by atoms with van der Waals surface area (Å²) in [4.78, 5) is 4.10. The molecule has 0 bridgehead atoms. The van der Waals surface area contributed by atoms with Crippen LogP contribution in [0, 0.1) is 5.82 Å². The zero-order chi connectivity index (χ0) is 12.1. The van der Waals surface area contributed by atoms with E-state index < -0.39 is 5.82 Å². The van der Waals surface area contributed by atoms with Gasteiger partial charge in [0.15, 0.2) is 11.6 Å². The van der Waals surface area contributed by atoms with Crippen LogP contribution in [0.1, 0.15) is 11.3 Å². The lowest BCUT2D eigenvalue weighted by molar-refractivity contribution is 0.283. The van der Waals surface area contributed by atoms with Crippen LogP contribution in [0.5, 0.6) is 5.75 Å². The third-order valence-electron chi connectivity index (χ3n) is 2.28. The van der Waals surface area contributed by atoms with Gasteiger partial charge in [0.1, 0.15) is 6.61 Å². The minimum atomic E-state index is -0.404. The van der Waals surface area contributed by atoms with E-state index in [-0.39, 0.29) is 18.2 Å². The highest BCUT2D eigenvalue weighted by Gasteiger charge is 2.09. The smallest absolute Gasteiger partial charge is 0.165 e. The van der Waals surface area contributed by atoms with Gasteiger partial charge >= 0.3 is 0 Å². The van der Waals surface area contributed by atoms with Gasteiger partial charge in [0, 0.05) is 11.8 Å². The van der Waals surface area contributed by atoms with Crippen molar-refractivity contribution in [2.45, 2.75) is 12.5 Å². The summed E-state index contributed by atoms with van der Waals surface area (Å²) >= 11 is 5.72. The Morgan fingerprint density at radius 1 is 1.18 bits per heavy atom. The van der Waals surface area contributed by atoms with E-state index in [2.05, 4.69) is 4.98 Å². The Labute approximate surface area is 104 Å². The maximum atomic E-state index is 13.5. The molecule has 0 unspecified atom stereocenters. The summed E-state index contributed by atoms with van der Waals surface area (Å²) in [6.07, 6.45) is 1.67. The number of para-hydroxylation sites is 1. The zero-order valence-corrected chi connectivity index (χ0v) is 9.82. The van der Waals surface area contributed by atoms with E-state index in [9.17, 15) is 4.39 Å². The average molecular weight is 252 g/mol. The third kappa shape index (κ3) is 2.94. The van der Waals surface area contributed by atoms with Gasteiger partial charge in [-0.25, -0.2) is 4.39 Å². The Hall–Kier alpha value is -1.61. The quantitative estimate of drug-likeness (QED) is 0.776. The van der Waals surface area contributed by atoms with Crippen molar-refractivity contribution in [3.8, 4) is 5.75 Å². The van der Waals surface area contributed by atoms with Crippen LogP contribution < -0.4 is 4.74 Å². The summed E-state index contributed by atoms with van der Waals surface area (Å²) in [6, 6.07) is 10.2. The highest BCUT2D eigenvalue weighted by atomic mass is 35.5. The third-order valence-corrected chi connectivity index (χ3v) is 2.57. The molecule has 4 heteroatoms. The molecule has 0 N–H and O–H groups in total. The van der Waals surface area contributed by atoms with Gasteiger partial charge in [0.2, 0.25) is 0 Å². The van der Waals surface area contributed by atoms with E-state index in [0.717, 1.165) is 5.69 Å². The second-order valence-corrected chi connectivity index (χ2v) is 3.74. The van der Waals surface area contributed by atoms with E-state index in [1.807, 2.05) is 18.2 Å². The molecule has 17 heavy (non-hydrogen) atoms. The van der Waals surface area contributed by atoms with E-state index in [1.165, 1.54) is 6.07 Å². The molecule has 0 aliphatic rings. The molecule has 0 fully saturated rings. The molecule has 88 valence electrons. The molecule has 0 atom stereocenters. The second-order valence-electron chi connectivity index (χ2n) is 3.47. The summed E-state index contributed by atoms with van der Waals surface area (Å²) in [5.74, 6) is 0.0159. The summed E-state index contributed by atoms with van der Waals surface area (Å²) in [6.45, 7) is 0.228. The van der Waals surface area contributed by atoms with Crippen LogP contribution in [-0.4, -0.2) is 4.98 Å². The van der Waals surface area contributed by atoms with Gasteiger partial charge in [-0.05, 0) is 18.2 Å². The van der Waals surface area contributed by atoms with Gasteiger partial charge in [-0.15, -0.1) is 11.6 Å². The predicted molar refractivity (Wildman–Crippen MR) is 64.5 cm³/mol. The van der Waals surface area contributed by atoms with Crippen LogP contribution in [0.3, 0.4) is 0 Å². The maximum absolute atomic E-state index is 13.5. The Bertz CT molecular complexity index is 490. The van der Waals surface area contributed by atoms with Crippen molar-refractivity contribution in [1.29, 1.82) is 0 Å². The molecule has 1 aromatic heterocycles. The Balaban J connectivity index is 2.14. The monoisotopic (exact) mass is 251 g/mol. The molecule has 0 aliphatic carbocycles. The number of benzene rings is 1. The number of alkyl halides is 1. The number of ether oxygens (including phenoxy) is 1. The molecule has 2 rings (SSSR count). The molecule has 0 aliphatic heterocycles. The lowest BCUT2D eigenvalue weighted by Crippen LogP contribution is -2.01. The second kappa shape index (κ2) is 5.64. The van der Waals surface area contributed by atoms with Crippen molar-refractivity contribution in [3.05, 3.63) is 59.7 Å². The Kier molecular flexibility index (Phi) is 3.94. The summed E-state index contributed by atoms with van der Waals surface area (Å²) in [7, 11) is 0. The van der Waals surface area contributed by atoms with Gasteiger partial charge in [0.25, 0.3) is 0 Å². The van der Waals surface area contributed by atoms with Crippen molar-refractivity contribution in [3.63, 3.8) is 0 Å². The van der Waals surface area contributed by atoms with Gasteiger partial charge in [-0.1, -0.05) is 18.2 Å². The van der Waals surface area contributed by atoms with Crippen molar-refractivity contribution >= 4 is 11.6 Å². The maximum Gasteiger partial charge on any atom is 0.165 e. The van der Waals surface area contributed by atoms with E-state index >= 15 is 0 Å². The standard InChI is InChI=1S/C13H11ClFNO/c14-8-10-4-3-6-12(15)13(10)17-9-11-5-1-2-7-16-11/h1-7H,8-9H2. The van der Waals surface area contributed by atoms with Crippen molar-refractivity contribution in [2.75, 3.05) is 0 Å². The number of hydrogen-bond donors (Lipinski definition) is 0. The number of hydrogen-bond acceptors (Lipinski definition) is 2. The average Bonchev–Trinajstić information content (AvgIpc) is 2.38. The van der Waals surface area contributed by atoms with E-state index in [4.69, 9.17) is 16.3 Å². The van der Waals surface area contributed by atoms with Crippen molar-refractivity contribution in [2.24, 2.45) is 0 Å². The molecular formula is C13H11ClFNO. The van der Waals surface area contributed by atoms with E-state index in [0.29, 0.717) is 5.56 Å². The molecule has 0 spiro atoms. The first-order chi connectivity index (χ1) is 8.31. The van der Waals surface area contributed by atoms with Crippen LogP contribution in [0.15, 0.2) is 42.6 Å². The van der Waals surface area contributed by atoms with Gasteiger partial charge in [-0.3, -0.25) is 4.98 Å². The summed E-state index contributed by atoms with van der Waals surface area (Å²) < 4.78 is 19.0. The summed E-state index contributed by atoms with van der Waals surface area (Å²) in [5.41, 5.74) is 1.39. The topological polar surface area (TPSA) is 22.1 Å². The number of halogens is 2. The van der Waals surface area contributed by atoms with Gasteiger partial charge < -0.3 is 4.74 Å². The van der Waals surface area contributed by atoms with Crippen LogP contribution in [0.2, 0.25) is 0 Å². The van der Waals surface area contributed by atoms with Gasteiger partial charge in [-0.2, -0.15) is 0 Å². The highest BCUT2D eigenvalue weighted by Crippen LogP contribution is 2.24. The lowest BCUT2D eigenvalue weighted by atomic mass is 10.2. The van der Waals surface area contributed by atoms with Crippen LogP contribution >= 0.6 is 11.6 Å². The van der Waals surface area contributed by atoms with Crippen LogP contribution in [0.25, 0.3) is 0 Å². The van der Waals surface area contributed by atoms with Gasteiger partial charge in [0.05, 0.1) is 11.6 Å². The van der Waals surface area contributed by atoms with Crippen molar-refractivity contribution < 1.29 is 9.13 Å². The molecule has 1 heterocycles. The van der Waals surface area contributed by atoms with Crippen LogP contribution in [0.4, 0.5) is 4.39 Å². The molecule has 0 saturated carbocycles. The zero-order valence-electron chi connectivity index (χ0n) is 9.07. The number of pyridine rings is 1. The number of nitrogens with zero attached hydrogens (tertiary/aromatic N) is 1. The normalized spacial score (nSPS) is 10.2. The minimum absolute atomic E-state index is 0.202. The lowest BCUT2D eigenvalue weighted by Gasteiger charge is -2.10. The first-order valence-electron chi connectivity index (χ1n) is 5.17. The molecule has 2 aromatic rings. The first kappa shape index (κ1) is 11.9. The molecule has 0 radical (unpaired) electrons. The molecule has 0 saturated heterocycles. The fraction of sp³-hybridized carbons (Fsp3) is 0.154. The molecular weight excluding hydrogens is 241 g/mol. The molecule has 1 aromatic carbocycles. The number of rotatable bonds is 4. The SMILES string of the molecule is Fc1cccc(CCl)c1OCc1ccccn1. The highest BCUT2D eigenvalue weighted by molar-refractivity contribution is 6.17. The van der Waals surface area contributed by atoms with Crippen LogP contribution in [-0.2, 0) is 12.5 Å². The fourth-order valence-corrected chi connectivity index (χ4v) is 1.66. The minimum Gasteiger partial charge on any atom is -0.484 e. The predicted octanol–water partition coefficient (Wildman–Crippen LogP) is 3.54. The molecule has 2 nitrogen and oxygen atoms in total.